The molecule has 0 spiro atoms. The van der Waals surface area contributed by atoms with E-state index in [0.717, 1.165) is 50.6 Å². The van der Waals surface area contributed by atoms with E-state index in [2.05, 4.69) is 11.8 Å². The van der Waals surface area contributed by atoms with Gasteiger partial charge in [-0.2, -0.15) is 0 Å². The number of hydrogen-bond donors (Lipinski definition) is 2. The molecule has 1 aromatic carbocycles. The lowest BCUT2D eigenvalue weighted by molar-refractivity contribution is -0.190. The molecular formula is C51H64FN3O11. The third-order valence-corrected chi connectivity index (χ3v) is 18.0. The number of carbonyl (C=O) groups excluding carboxylic acids is 3. The molecule has 2 unspecified atom stereocenters. The summed E-state index contributed by atoms with van der Waals surface area (Å²) < 4.78 is 41.8. The van der Waals surface area contributed by atoms with E-state index in [9.17, 15) is 34.2 Å². The Kier molecular flexibility index (Phi) is 10.6. The summed E-state index contributed by atoms with van der Waals surface area (Å²) in [6.07, 6.45) is 7.74. The topological polar surface area (TPSA) is 182 Å². The Bertz CT molecular complexity index is 2730. The molecule has 3 aromatic rings. The van der Waals surface area contributed by atoms with Crippen LogP contribution in [0, 0.1) is 61.1 Å². The second kappa shape index (κ2) is 15.5. The van der Waals surface area contributed by atoms with Crippen molar-refractivity contribution in [3.8, 4) is 5.75 Å². The van der Waals surface area contributed by atoms with Crippen molar-refractivity contribution in [2.24, 2.45) is 34.5 Å². The van der Waals surface area contributed by atoms with E-state index in [1.807, 2.05) is 16.4 Å². The standard InChI is InChI=1S/C51H64FN3O11/c1-25-37-41(44(63-8)42(40(25)52)54-22-28-10-9-19-53(34(28)23-54)24-36-27(3)64-47(61)65-36)55(30-12-13-30)26(2)38(43(37)58)45(59)66-48(4,5)46(60)51(62)18-16-33-32-14-11-29-20-31(56)15-17-49(29,6)39(32)35(57)21-50(33,51)7/h20,28,30,32-35,39,57,62H,9-19,21-24H2,1-8H3/t28?,32-,33-,34?,35-,39+,49-,50-,51-/m0/s1. The van der Waals surface area contributed by atoms with Crippen molar-refractivity contribution >= 4 is 34.1 Å². The molecule has 4 heterocycles. The molecule has 0 amide bonds. The zero-order chi connectivity index (χ0) is 47.2. The quantitative estimate of drug-likeness (QED) is 0.214. The van der Waals surface area contributed by atoms with E-state index in [-0.39, 0.29) is 87.7 Å². The number of ether oxygens (including phenoxy) is 2. The molecule has 6 fully saturated rings. The zero-order valence-corrected chi connectivity index (χ0v) is 39.5. The Balaban J connectivity index is 0.961. The molecule has 5 aliphatic carbocycles. The number of allylic oxidation sites excluding steroid dienone is 1. The summed E-state index contributed by atoms with van der Waals surface area (Å²) in [5.74, 6) is -1.85. The molecule has 356 valence electrons. The number of halogens is 1. The van der Waals surface area contributed by atoms with Crippen molar-refractivity contribution in [2.45, 2.75) is 155 Å². The van der Waals surface area contributed by atoms with Crippen molar-refractivity contribution < 1.29 is 47.3 Å². The van der Waals surface area contributed by atoms with Crippen LogP contribution in [0.1, 0.15) is 138 Å². The summed E-state index contributed by atoms with van der Waals surface area (Å²) in [6.45, 7) is 14.0. The summed E-state index contributed by atoms with van der Waals surface area (Å²) in [5.41, 5.74) is -4.12. The van der Waals surface area contributed by atoms with Gasteiger partial charge in [-0.25, -0.2) is 14.0 Å². The average molecular weight is 914 g/mol. The number of aliphatic hydroxyl groups excluding tert-OH is 1. The molecule has 7 aliphatic rings. The molecule has 2 aliphatic heterocycles. The van der Waals surface area contributed by atoms with Gasteiger partial charge in [-0.3, -0.25) is 19.3 Å². The number of fused-ring (bicyclic) bond motifs is 7. The van der Waals surface area contributed by atoms with Crippen LogP contribution in [-0.2, 0) is 20.9 Å². The molecule has 15 heteroatoms. The molecule has 2 N–H and O–H groups in total. The number of nitrogens with zero attached hydrogens (tertiary/aromatic N) is 3. The molecule has 2 saturated heterocycles. The first-order chi connectivity index (χ1) is 31.1. The number of methoxy groups -OCH3 is 1. The number of likely N-dealkylation sites (tertiary alicyclic amines) is 1. The maximum Gasteiger partial charge on any atom is 0.519 e. The Morgan fingerprint density at radius 2 is 1.74 bits per heavy atom. The fourth-order valence-corrected chi connectivity index (χ4v) is 14.6. The van der Waals surface area contributed by atoms with Crippen LogP contribution in [0.4, 0.5) is 10.1 Å². The number of pyridine rings is 1. The maximum absolute atomic E-state index is 17.2. The van der Waals surface area contributed by atoms with Crippen molar-refractivity contribution in [1.82, 2.24) is 9.47 Å². The minimum absolute atomic E-state index is 0.00224. The van der Waals surface area contributed by atoms with Crippen LogP contribution in [0.25, 0.3) is 10.9 Å². The minimum Gasteiger partial charge on any atom is -0.492 e. The Hall–Kier alpha value is -4.60. The molecule has 0 radical (unpaired) electrons. The molecule has 4 saturated carbocycles. The van der Waals surface area contributed by atoms with Gasteiger partial charge >= 0.3 is 11.8 Å². The number of hydrogen-bond acceptors (Lipinski definition) is 13. The van der Waals surface area contributed by atoms with E-state index in [1.165, 1.54) is 21.0 Å². The maximum atomic E-state index is 17.2. The van der Waals surface area contributed by atoms with Gasteiger partial charge in [0.25, 0.3) is 0 Å². The Morgan fingerprint density at radius 3 is 2.42 bits per heavy atom. The van der Waals surface area contributed by atoms with Crippen molar-refractivity contribution in [1.29, 1.82) is 0 Å². The highest BCUT2D eigenvalue weighted by Gasteiger charge is 2.70. The average Bonchev–Trinajstić information content (AvgIpc) is 3.82. The minimum atomic E-state index is -1.94. The van der Waals surface area contributed by atoms with Crippen LogP contribution in [0.2, 0.25) is 0 Å². The van der Waals surface area contributed by atoms with Gasteiger partial charge in [0.05, 0.1) is 30.7 Å². The number of rotatable bonds is 9. The van der Waals surface area contributed by atoms with Crippen LogP contribution >= 0.6 is 0 Å². The number of anilines is 1. The Morgan fingerprint density at radius 1 is 1.00 bits per heavy atom. The molecular weight excluding hydrogens is 850 g/mol. The van der Waals surface area contributed by atoms with Gasteiger partial charge in [0.2, 0.25) is 11.2 Å². The highest BCUT2D eigenvalue weighted by molar-refractivity contribution is 6.03. The van der Waals surface area contributed by atoms with Crippen LogP contribution in [0.15, 0.2) is 30.1 Å². The normalized spacial score (nSPS) is 33.3. The number of ketones is 2. The van der Waals surface area contributed by atoms with E-state index >= 15 is 4.39 Å². The third-order valence-electron chi connectivity index (χ3n) is 18.0. The number of esters is 1. The number of aliphatic hydroxyl groups is 2. The lowest BCUT2D eigenvalue weighted by Gasteiger charge is -2.60. The van der Waals surface area contributed by atoms with Crippen LogP contribution in [0.3, 0.4) is 0 Å². The smallest absolute Gasteiger partial charge is 0.492 e. The van der Waals surface area contributed by atoms with E-state index < -0.39 is 51.5 Å². The highest BCUT2D eigenvalue weighted by atomic mass is 19.1. The second-order valence-corrected chi connectivity index (χ2v) is 21.9. The number of piperidine rings is 1. The van der Waals surface area contributed by atoms with Crippen molar-refractivity contribution in [3.63, 3.8) is 0 Å². The van der Waals surface area contributed by atoms with Crippen LogP contribution < -0.4 is 20.9 Å². The van der Waals surface area contributed by atoms with Gasteiger partial charge in [-0.05, 0) is 141 Å². The summed E-state index contributed by atoms with van der Waals surface area (Å²) in [7, 11) is 1.46. The van der Waals surface area contributed by atoms with Gasteiger partial charge in [0.15, 0.2) is 28.7 Å². The molecule has 9 atom stereocenters. The Labute approximate surface area is 383 Å². The van der Waals surface area contributed by atoms with E-state index in [4.69, 9.17) is 18.3 Å². The number of Topliss-reactive ketones (excluding diaryl/α,β-unsaturated/α-hetero) is 1. The molecule has 0 bridgehead atoms. The largest absolute Gasteiger partial charge is 0.519 e. The number of benzene rings is 1. The fourth-order valence-electron chi connectivity index (χ4n) is 14.6. The predicted octanol–water partition coefficient (Wildman–Crippen LogP) is 6.79. The molecule has 2 aromatic heterocycles. The monoisotopic (exact) mass is 913 g/mol. The van der Waals surface area contributed by atoms with Gasteiger partial charge in [0, 0.05) is 48.3 Å². The third kappa shape index (κ3) is 6.51. The number of aromatic nitrogens is 1. The molecule has 14 nitrogen and oxygen atoms in total. The first-order valence-corrected chi connectivity index (χ1v) is 24.1. The molecule has 10 rings (SSSR count). The SMILES string of the molecule is COc1c(N2CC3CCCN(Cc4oc(=O)oc4C)C3C2)c(F)c(C)c2c(=O)c(C(=O)OC(C)(C)C(=O)[C@@]3(O)CC[C@H]4[C@@H]5CCC6=CC(=O)CC[C@]6(C)[C@H]5[C@@H](O)C[C@@]43C)c(C)n(C3CC3)c12. The highest BCUT2D eigenvalue weighted by Crippen LogP contribution is 2.68. The van der Waals surface area contributed by atoms with Gasteiger partial charge in [-0.15, -0.1) is 0 Å². The second-order valence-electron chi connectivity index (χ2n) is 21.9. The summed E-state index contributed by atoms with van der Waals surface area (Å²) >= 11 is 0. The van der Waals surface area contributed by atoms with Crippen molar-refractivity contribution in [2.75, 3.05) is 31.6 Å². The first kappa shape index (κ1) is 45.2. The van der Waals surface area contributed by atoms with Gasteiger partial charge in [0.1, 0.15) is 22.6 Å². The molecule has 66 heavy (non-hydrogen) atoms. The lowest BCUT2D eigenvalue weighted by Crippen LogP contribution is -2.64. The summed E-state index contributed by atoms with van der Waals surface area (Å²) in [4.78, 5) is 72.9. The van der Waals surface area contributed by atoms with E-state index in [0.29, 0.717) is 61.6 Å². The lowest BCUT2D eigenvalue weighted by atomic mass is 9.45. The first-order valence-electron chi connectivity index (χ1n) is 24.1. The van der Waals surface area contributed by atoms with Gasteiger partial charge in [-0.1, -0.05) is 19.4 Å². The predicted molar refractivity (Wildman–Crippen MR) is 241 cm³/mol. The van der Waals surface area contributed by atoms with Crippen molar-refractivity contribution in [3.05, 3.63) is 66.6 Å². The zero-order valence-electron chi connectivity index (χ0n) is 39.5. The van der Waals surface area contributed by atoms with Crippen LogP contribution in [-0.4, -0.2) is 87.3 Å². The number of carbonyl (C=O) groups is 3. The van der Waals surface area contributed by atoms with Gasteiger partial charge < -0.3 is 38.0 Å². The van der Waals surface area contributed by atoms with Crippen LogP contribution in [0.5, 0.6) is 5.75 Å². The summed E-state index contributed by atoms with van der Waals surface area (Å²) in [5, 5.41) is 24.7. The fraction of sp³-hybridized carbons (Fsp3) is 0.667. The van der Waals surface area contributed by atoms with E-state index in [1.54, 1.807) is 26.8 Å². The summed E-state index contributed by atoms with van der Waals surface area (Å²) in [6, 6.07) is -0.0818. The number of aryl methyl sites for hydroxylation is 2.